The fourth-order valence-corrected chi connectivity index (χ4v) is 3.25. The normalized spacial score (nSPS) is 12.2. The molecule has 0 aliphatic heterocycles. The summed E-state index contributed by atoms with van der Waals surface area (Å²) in [4.78, 5) is 9.78. The molecule has 2 heterocycles. The summed E-state index contributed by atoms with van der Waals surface area (Å²) in [6, 6.07) is 3.99. The van der Waals surface area contributed by atoms with Gasteiger partial charge in [0, 0.05) is 4.88 Å². The van der Waals surface area contributed by atoms with E-state index in [2.05, 4.69) is 31.2 Å². The molecule has 0 radical (unpaired) electrons. The van der Waals surface area contributed by atoms with Crippen LogP contribution in [0.3, 0.4) is 0 Å². The van der Waals surface area contributed by atoms with Gasteiger partial charge in [0.05, 0.1) is 30.2 Å². The molecule has 2 aromatic heterocycles. The lowest BCUT2D eigenvalue weighted by Gasteiger charge is -2.16. The summed E-state index contributed by atoms with van der Waals surface area (Å²) in [6.45, 7) is 0. The zero-order valence-corrected chi connectivity index (χ0v) is 13.2. The lowest BCUT2D eigenvalue weighted by molar-refractivity contribution is 0.353. The van der Waals surface area contributed by atoms with E-state index in [1.165, 1.54) is 0 Å². The monoisotopic (exact) mass is 343 g/mol. The van der Waals surface area contributed by atoms with Crippen molar-refractivity contribution in [3.05, 3.63) is 32.7 Å². The second-order valence-corrected chi connectivity index (χ2v) is 6.17. The number of nitrogens with one attached hydrogen (secondary N) is 1. The van der Waals surface area contributed by atoms with Crippen LogP contribution in [0.1, 0.15) is 16.6 Å². The highest BCUT2D eigenvalue weighted by atomic mass is 79.9. The number of nitrogens with zero attached hydrogens (tertiary/aromatic N) is 2. The van der Waals surface area contributed by atoms with Gasteiger partial charge in [-0.15, -0.1) is 11.3 Å². The Morgan fingerprint density at radius 3 is 2.63 bits per heavy atom. The van der Waals surface area contributed by atoms with Crippen LogP contribution in [0.2, 0.25) is 0 Å². The molecular formula is C12H14BrN3O2S. The SMILES string of the molecule is CNC(c1ccc(Br)s1)c1ncc(OC)nc1OC. The fourth-order valence-electron chi connectivity index (χ4n) is 1.71. The quantitative estimate of drug-likeness (QED) is 0.904. The molecule has 7 heteroatoms. The van der Waals surface area contributed by atoms with Crippen molar-refractivity contribution in [2.24, 2.45) is 0 Å². The molecule has 5 nitrogen and oxygen atoms in total. The van der Waals surface area contributed by atoms with Gasteiger partial charge in [0.25, 0.3) is 0 Å². The Kier molecular flexibility index (Phi) is 4.73. The Morgan fingerprint density at radius 1 is 1.32 bits per heavy atom. The smallest absolute Gasteiger partial charge is 0.240 e. The van der Waals surface area contributed by atoms with Gasteiger partial charge in [0.1, 0.15) is 5.69 Å². The number of halogens is 1. The van der Waals surface area contributed by atoms with E-state index < -0.39 is 0 Å². The third-order valence-electron chi connectivity index (χ3n) is 2.59. The predicted octanol–water partition coefficient (Wildman–Crippen LogP) is 2.63. The third-order valence-corrected chi connectivity index (χ3v) is 4.28. The van der Waals surface area contributed by atoms with Crippen LogP contribution in [0.25, 0.3) is 0 Å². The summed E-state index contributed by atoms with van der Waals surface area (Å²) in [7, 11) is 5.00. The van der Waals surface area contributed by atoms with E-state index >= 15 is 0 Å². The van der Waals surface area contributed by atoms with Crippen molar-refractivity contribution < 1.29 is 9.47 Å². The third kappa shape index (κ3) is 3.05. The van der Waals surface area contributed by atoms with Gasteiger partial charge in [-0.25, -0.2) is 4.98 Å². The van der Waals surface area contributed by atoms with Crippen LogP contribution in [-0.4, -0.2) is 31.2 Å². The van der Waals surface area contributed by atoms with E-state index in [-0.39, 0.29) is 6.04 Å². The number of thiophene rings is 1. The number of hydrogen-bond acceptors (Lipinski definition) is 6. The minimum absolute atomic E-state index is 0.0651. The van der Waals surface area contributed by atoms with Gasteiger partial charge in [-0.05, 0) is 35.1 Å². The summed E-state index contributed by atoms with van der Waals surface area (Å²) in [5.41, 5.74) is 0.736. The van der Waals surface area contributed by atoms with Crippen LogP contribution < -0.4 is 14.8 Å². The van der Waals surface area contributed by atoms with E-state index in [9.17, 15) is 0 Å². The molecule has 0 aromatic carbocycles. The van der Waals surface area contributed by atoms with E-state index in [1.807, 2.05) is 19.2 Å². The van der Waals surface area contributed by atoms with Crippen LogP contribution >= 0.6 is 27.3 Å². The maximum Gasteiger partial charge on any atom is 0.240 e. The molecule has 2 aromatic rings. The van der Waals surface area contributed by atoms with Crippen molar-refractivity contribution >= 4 is 27.3 Å². The first-order valence-corrected chi connectivity index (χ1v) is 7.18. The highest BCUT2D eigenvalue weighted by Crippen LogP contribution is 2.33. The van der Waals surface area contributed by atoms with Gasteiger partial charge >= 0.3 is 0 Å². The van der Waals surface area contributed by atoms with Gasteiger partial charge in [0.2, 0.25) is 11.8 Å². The number of methoxy groups -OCH3 is 2. The van der Waals surface area contributed by atoms with Gasteiger partial charge in [-0.1, -0.05) is 0 Å². The Balaban J connectivity index is 2.43. The summed E-state index contributed by atoms with van der Waals surface area (Å²) in [5.74, 6) is 0.894. The van der Waals surface area contributed by atoms with Crippen molar-refractivity contribution in [2.45, 2.75) is 6.04 Å². The minimum atomic E-state index is -0.0651. The molecule has 0 aliphatic carbocycles. The topological polar surface area (TPSA) is 56.3 Å². The summed E-state index contributed by atoms with van der Waals surface area (Å²) in [5, 5.41) is 3.23. The largest absolute Gasteiger partial charge is 0.480 e. The first-order valence-electron chi connectivity index (χ1n) is 5.57. The summed E-state index contributed by atoms with van der Waals surface area (Å²) < 4.78 is 11.4. The van der Waals surface area contributed by atoms with Gasteiger partial charge in [-0.3, -0.25) is 0 Å². The molecule has 0 fully saturated rings. The molecule has 0 bridgehead atoms. The van der Waals surface area contributed by atoms with Gasteiger partial charge < -0.3 is 14.8 Å². The van der Waals surface area contributed by atoms with Gasteiger partial charge in [-0.2, -0.15) is 4.98 Å². The van der Waals surface area contributed by atoms with Crippen LogP contribution in [0.4, 0.5) is 0 Å². The lowest BCUT2D eigenvalue weighted by atomic mass is 10.1. The molecular weight excluding hydrogens is 330 g/mol. The molecule has 2 rings (SSSR count). The predicted molar refractivity (Wildman–Crippen MR) is 78.1 cm³/mol. The Labute approximate surface area is 124 Å². The van der Waals surface area contributed by atoms with Crippen molar-refractivity contribution in [2.75, 3.05) is 21.3 Å². The van der Waals surface area contributed by atoms with Crippen LogP contribution in [0.5, 0.6) is 11.8 Å². The molecule has 0 saturated carbocycles. The molecule has 19 heavy (non-hydrogen) atoms. The minimum Gasteiger partial charge on any atom is -0.480 e. The molecule has 0 saturated heterocycles. The van der Waals surface area contributed by atoms with Crippen LogP contribution in [0.15, 0.2) is 22.1 Å². The molecule has 0 amide bonds. The summed E-state index contributed by atoms with van der Waals surface area (Å²) in [6.07, 6.45) is 1.59. The van der Waals surface area contributed by atoms with E-state index in [0.717, 1.165) is 14.4 Å². The highest BCUT2D eigenvalue weighted by molar-refractivity contribution is 9.11. The molecule has 0 spiro atoms. The first kappa shape index (κ1) is 14.2. The summed E-state index contributed by atoms with van der Waals surface area (Å²) >= 11 is 5.11. The maximum atomic E-state index is 5.30. The maximum absolute atomic E-state index is 5.30. The zero-order chi connectivity index (χ0) is 13.8. The number of hydrogen-bond donors (Lipinski definition) is 1. The number of ether oxygens (including phenoxy) is 2. The van der Waals surface area contributed by atoms with Gasteiger partial charge in [0.15, 0.2) is 0 Å². The Hall–Kier alpha value is -1.18. The van der Waals surface area contributed by atoms with Crippen LogP contribution in [0, 0.1) is 0 Å². The molecule has 102 valence electrons. The van der Waals surface area contributed by atoms with E-state index in [0.29, 0.717) is 11.8 Å². The van der Waals surface area contributed by atoms with Crippen molar-refractivity contribution in [1.82, 2.24) is 15.3 Å². The highest BCUT2D eigenvalue weighted by Gasteiger charge is 2.21. The Morgan fingerprint density at radius 2 is 2.11 bits per heavy atom. The second kappa shape index (κ2) is 6.31. The average molecular weight is 344 g/mol. The molecule has 1 atom stereocenters. The van der Waals surface area contributed by atoms with E-state index in [1.54, 1.807) is 31.8 Å². The number of aromatic nitrogens is 2. The second-order valence-electron chi connectivity index (χ2n) is 3.67. The molecule has 1 unspecified atom stereocenters. The van der Waals surface area contributed by atoms with Crippen molar-refractivity contribution in [3.63, 3.8) is 0 Å². The Bertz CT molecular complexity index is 562. The zero-order valence-electron chi connectivity index (χ0n) is 10.8. The standard InChI is InChI=1S/C12H14BrN3O2S/c1-14-10(7-4-5-8(13)19-7)11-12(18-3)16-9(17-2)6-15-11/h4-6,10,14H,1-3H3. The average Bonchev–Trinajstić information content (AvgIpc) is 2.86. The van der Waals surface area contributed by atoms with Crippen LogP contribution in [-0.2, 0) is 0 Å². The first-order chi connectivity index (χ1) is 9.19. The molecule has 1 N–H and O–H groups in total. The fraction of sp³-hybridized carbons (Fsp3) is 0.333. The molecule has 0 aliphatic rings. The lowest BCUT2D eigenvalue weighted by Crippen LogP contribution is -2.19. The van der Waals surface area contributed by atoms with Crippen molar-refractivity contribution in [3.8, 4) is 11.8 Å². The van der Waals surface area contributed by atoms with E-state index in [4.69, 9.17) is 9.47 Å². The number of rotatable bonds is 5. The van der Waals surface area contributed by atoms with Crippen molar-refractivity contribution in [1.29, 1.82) is 0 Å².